The highest BCUT2D eigenvalue weighted by Gasteiger charge is 2.16. The van der Waals surface area contributed by atoms with Crippen molar-refractivity contribution >= 4 is 22.0 Å². The Labute approximate surface area is 138 Å². The Bertz CT molecular complexity index is 645. The largest absolute Gasteiger partial charge is 0.352 e. The van der Waals surface area contributed by atoms with Crippen molar-refractivity contribution in [1.29, 1.82) is 0 Å². The first kappa shape index (κ1) is 17.7. The molecule has 5 nitrogen and oxygen atoms in total. The summed E-state index contributed by atoms with van der Waals surface area (Å²) in [5, 5.41) is 3.97. The number of aryl methyl sites for hydroxylation is 1. The zero-order chi connectivity index (χ0) is 16.7. The van der Waals surface area contributed by atoms with Gasteiger partial charge in [-0.3, -0.25) is 4.79 Å². The molecule has 0 spiro atoms. The fourth-order valence-corrected chi connectivity index (χ4v) is 3.35. The van der Waals surface area contributed by atoms with E-state index < -0.39 is 10.0 Å². The summed E-state index contributed by atoms with van der Waals surface area (Å²) in [5.74, 6) is -0.274. The molecule has 0 aliphatic heterocycles. The van der Waals surface area contributed by atoms with Crippen LogP contribution in [0.1, 0.15) is 43.2 Å². The number of nitrogens with one attached hydrogen (secondary N) is 2. The van der Waals surface area contributed by atoms with Crippen molar-refractivity contribution in [3.05, 3.63) is 40.8 Å². The lowest BCUT2D eigenvalue weighted by Crippen LogP contribution is -2.42. The molecule has 0 radical (unpaired) electrons. The number of rotatable bonds is 6. The zero-order valence-corrected chi connectivity index (χ0v) is 14.2. The fourth-order valence-electron chi connectivity index (χ4n) is 2.59. The van der Waals surface area contributed by atoms with Gasteiger partial charge in [0.25, 0.3) is 0 Å². The van der Waals surface area contributed by atoms with Gasteiger partial charge in [-0.15, -0.1) is 0 Å². The average Bonchev–Trinajstić information content (AvgIpc) is 2.54. The van der Waals surface area contributed by atoms with Crippen LogP contribution in [0.2, 0.25) is 0 Å². The van der Waals surface area contributed by atoms with Crippen LogP contribution in [0.4, 0.5) is 0 Å². The monoisotopic (exact) mass is 336 g/mol. The maximum Gasteiger partial charge on any atom is 0.235 e. The molecule has 0 bridgehead atoms. The summed E-state index contributed by atoms with van der Waals surface area (Å²) in [4.78, 5) is 11.8. The van der Waals surface area contributed by atoms with Gasteiger partial charge in [-0.1, -0.05) is 49.1 Å². The average molecular weight is 336 g/mol. The third-order valence-corrected chi connectivity index (χ3v) is 4.96. The molecule has 0 unspecified atom stereocenters. The van der Waals surface area contributed by atoms with Crippen LogP contribution < -0.4 is 10.0 Å². The van der Waals surface area contributed by atoms with Crippen LogP contribution in [0, 0.1) is 6.92 Å². The standard InChI is InChI=1S/C17H24N2O3S/c1-14-7-9-15(10-8-14)11-12-23(21,22)18-13-17(20)19-16-5-3-2-4-6-16/h7-12,16,18H,2-6,13H2,1H3,(H,19,20)/b12-11+. The van der Waals surface area contributed by atoms with Gasteiger partial charge in [-0.05, 0) is 31.4 Å². The molecule has 0 heterocycles. The van der Waals surface area contributed by atoms with Crippen LogP contribution >= 0.6 is 0 Å². The lowest BCUT2D eigenvalue weighted by atomic mass is 9.95. The smallest absolute Gasteiger partial charge is 0.235 e. The molecule has 1 aromatic rings. The molecule has 1 aliphatic rings. The Hall–Kier alpha value is -1.66. The van der Waals surface area contributed by atoms with Crippen LogP contribution in [0.25, 0.3) is 6.08 Å². The molecule has 0 saturated heterocycles. The van der Waals surface area contributed by atoms with E-state index in [0.717, 1.165) is 42.2 Å². The number of carbonyl (C=O) groups is 1. The van der Waals surface area contributed by atoms with E-state index in [4.69, 9.17) is 0 Å². The summed E-state index contributed by atoms with van der Waals surface area (Å²) in [7, 11) is -3.62. The Morgan fingerprint density at radius 3 is 2.48 bits per heavy atom. The van der Waals surface area contributed by atoms with Crippen LogP contribution in [0.3, 0.4) is 0 Å². The minimum atomic E-state index is -3.62. The second kappa shape index (κ2) is 8.26. The highest BCUT2D eigenvalue weighted by molar-refractivity contribution is 7.92. The molecule has 126 valence electrons. The highest BCUT2D eigenvalue weighted by Crippen LogP contribution is 2.17. The normalized spacial score (nSPS) is 16.6. The second-order valence-corrected chi connectivity index (χ2v) is 7.63. The van der Waals surface area contributed by atoms with E-state index in [0.29, 0.717) is 0 Å². The molecule has 1 fully saturated rings. The van der Waals surface area contributed by atoms with E-state index in [1.807, 2.05) is 31.2 Å². The predicted octanol–water partition coefficient (Wildman–Crippen LogP) is 2.33. The van der Waals surface area contributed by atoms with Crippen molar-refractivity contribution in [1.82, 2.24) is 10.0 Å². The van der Waals surface area contributed by atoms with Crippen molar-refractivity contribution in [2.45, 2.75) is 45.1 Å². The molecule has 0 atom stereocenters. The molecule has 1 aromatic carbocycles. The Morgan fingerprint density at radius 2 is 1.83 bits per heavy atom. The third-order valence-electron chi connectivity index (χ3n) is 3.92. The summed E-state index contributed by atoms with van der Waals surface area (Å²) in [6.45, 7) is 1.74. The summed E-state index contributed by atoms with van der Waals surface area (Å²) < 4.78 is 26.1. The number of hydrogen-bond donors (Lipinski definition) is 2. The number of hydrogen-bond acceptors (Lipinski definition) is 3. The van der Waals surface area contributed by atoms with Crippen molar-refractivity contribution < 1.29 is 13.2 Å². The second-order valence-electron chi connectivity index (χ2n) is 5.98. The van der Waals surface area contributed by atoms with Crippen LogP contribution in [0.15, 0.2) is 29.7 Å². The Kier molecular flexibility index (Phi) is 6.36. The van der Waals surface area contributed by atoms with E-state index in [1.54, 1.807) is 0 Å². The van der Waals surface area contributed by atoms with Gasteiger partial charge in [0, 0.05) is 11.4 Å². The zero-order valence-electron chi connectivity index (χ0n) is 13.4. The highest BCUT2D eigenvalue weighted by atomic mass is 32.2. The quantitative estimate of drug-likeness (QED) is 0.837. The SMILES string of the molecule is Cc1ccc(/C=C/S(=O)(=O)NCC(=O)NC2CCCCC2)cc1. The third kappa shape index (κ3) is 6.54. The number of sulfonamides is 1. The number of carbonyl (C=O) groups excluding carboxylic acids is 1. The molecular weight excluding hydrogens is 312 g/mol. The van der Waals surface area contributed by atoms with Gasteiger partial charge in [-0.2, -0.15) is 0 Å². The molecule has 6 heteroatoms. The van der Waals surface area contributed by atoms with E-state index in [2.05, 4.69) is 10.0 Å². The van der Waals surface area contributed by atoms with Crippen molar-refractivity contribution in [3.63, 3.8) is 0 Å². The summed E-state index contributed by atoms with van der Waals surface area (Å²) in [6.07, 6.45) is 6.92. The van der Waals surface area contributed by atoms with E-state index in [9.17, 15) is 13.2 Å². The molecule has 23 heavy (non-hydrogen) atoms. The lowest BCUT2D eigenvalue weighted by molar-refractivity contribution is -0.120. The summed E-state index contributed by atoms with van der Waals surface area (Å²) in [5.41, 5.74) is 1.91. The van der Waals surface area contributed by atoms with Gasteiger partial charge in [0.1, 0.15) is 0 Å². The van der Waals surface area contributed by atoms with E-state index in [1.165, 1.54) is 12.5 Å². The van der Waals surface area contributed by atoms with E-state index >= 15 is 0 Å². The minimum Gasteiger partial charge on any atom is -0.352 e. The molecule has 2 rings (SSSR count). The van der Waals surface area contributed by atoms with Crippen molar-refractivity contribution in [2.75, 3.05) is 6.54 Å². The molecule has 0 aromatic heterocycles. The lowest BCUT2D eigenvalue weighted by Gasteiger charge is -2.22. The van der Waals surface area contributed by atoms with Crippen molar-refractivity contribution in [2.24, 2.45) is 0 Å². The molecule has 2 N–H and O–H groups in total. The number of benzene rings is 1. The van der Waals surface area contributed by atoms with Crippen LogP contribution in [-0.4, -0.2) is 26.9 Å². The van der Waals surface area contributed by atoms with Gasteiger partial charge in [-0.25, -0.2) is 13.1 Å². The molecule has 1 amide bonds. The first-order chi connectivity index (χ1) is 10.9. The maximum atomic E-state index is 11.9. The first-order valence-electron chi connectivity index (χ1n) is 7.98. The maximum absolute atomic E-state index is 11.9. The van der Waals surface area contributed by atoms with Gasteiger partial charge >= 0.3 is 0 Å². The van der Waals surface area contributed by atoms with E-state index in [-0.39, 0.29) is 18.5 Å². The molecule has 1 saturated carbocycles. The minimum absolute atomic E-state index is 0.184. The van der Waals surface area contributed by atoms with Crippen molar-refractivity contribution in [3.8, 4) is 0 Å². The fraction of sp³-hybridized carbons (Fsp3) is 0.471. The predicted molar refractivity (Wildman–Crippen MR) is 92.2 cm³/mol. The van der Waals surface area contributed by atoms with Gasteiger partial charge in [0.15, 0.2) is 0 Å². The van der Waals surface area contributed by atoms with Gasteiger partial charge in [0.2, 0.25) is 15.9 Å². The summed E-state index contributed by atoms with van der Waals surface area (Å²) >= 11 is 0. The molecule has 1 aliphatic carbocycles. The van der Waals surface area contributed by atoms with Crippen LogP contribution in [-0.2, 0) is 14.8 Å². The van der Waals surface area contributed by atoms with Gasteiger partial charge in [0.05, 0.1) is 6.54 Å². The topological polar surface area (TPSA) is 75.3 Å². The molecular formula is C17H24N2O3S. The van der Waals surface area contributed by atoms with Gasteiger partial charge < -0.3 is 5.32 Å². The van der Waals surface area contributed by atoms with Crippen LogP contribution in [0.5, 0.6) is 0 Å². The summed E-state index contributed by atoms with van der Waals surface area (Å²) in [6, 6.07) is 7.70. The number of amides is 1. The first-order valence-corrected chi connectivity index (χ1v) is 9.53. The Morgan fingerprint density at radius 1 is 1.17 bits per heavy atom. The Balaban J connectivity index is 1.80.